The number of hydrogen-bond acceptors (Lipinski definition) is 0. The molecule has 0 saturated heterocycles. The summed E-state index contributed by atoms with van der Waals surface area (Å²) in [6.45, 7) is 5.13. The van der Waals surface area contributed by atoms with Crippen molar-refractivity contribution in [3.63, 3.8) is 0 Å². The summed E-state index contributed by atoms with van der Waals surface area (Å²) in [6, 6.07) is 0. The average Bonchev–Trinajstić information content (AvgIpc) is 1.97. The van der Waals surface area contributed by atoms with E-state index in [9.17, 15) is 4.39 Å². The third kappa shape index (κ3) is 5.86. The van der Waals surface area contributed by atoms with Gasteiger partial charge in [-0.2, -0.15) is 0 Å². The van der Waals surface area contributed by atoms with Gasteiger partial charge in [0.25, 0.3) is 0 Å². The van der Waals surface area contributed by atoms with Crippen molar-refractivity contribution in [1.29, 1.82) is 0 Å². The van der Waals surface area contributed by atoms with Gasteiger partial charge in [-0.05, 0) is 12.5 Å². The first kappa shape index (κ1) is 10.4. The Labute approximate surface area is 72.1 Å². The molecule has 0 aromatic carbocycles. The van der Waals surface area contributed by atoms with E-state index < -0.39 is 5.83 Å². The van der Waals surface area contributed by atoms with E-state index in [-0.39, 0.29) is 5.03 Å². The molecule has 0 aliphatic carbocycles. The molecule has 11 heavy (non-hydrogen) atoms. The Balaban J connectivity index is 3.81. The minimum absolute atomic E-state index is 0.0670. The van der Waals surface area contributed by atoms with Gasteiger partial charge in [-0.3, -0.25) is 0 Å². The van der Waals surface area contributed by atoms with Gasteiger partial charge in [0.1, 0.15) is 5.83 Å². The highest BCUT2D eigenvalue weighted by Crippen LogP contribution is 2.13. The van der Waals surface area contributed by atoms with Crippen LogP contribution in [0.25, 0.3) is 0 Å². The monoisotopic (exact) mass is 174 g/mol. The van der Waals surface area contributed by atoms with Crippen molar-refractivity contribution >= 4 is 11.6 Å². The largest absolute Gasteiger partial charge is 0.206 e. The molecule has 0 saturated carbocycles. The maximum atomic E-state index is 12.2. The van der Waals surface area contributed by atoms with Crippen LogP contribution in [0.3, 0.4) is 0 Å². The summed E-state index contributed by atoms with van der Waals surface area (Å²) in [5.41, 5.74) is 0. The van der Waals surface area contributed by atoms with E-state index in [4.69, 9.17) is 11.6 Å². The van der Waals surface area contributed by atoms with Crippen LogP contribution in [0.4, 0.5) is 4.39 Å². The average molecular weight is 175 g/mol. The lowest BCUT2D eigenvalue weighted by Crippen LogP contribution is -1.68. The molecule has 0 unspecified atom stereocenters. The topological polar surface area (TPSA) is 0 Å². The molecule has 0 radical (unpaired) electrons. The fourth-order valence-corrected chi connectivity index (χ4v) is 0.579. The maximum absolute atomic E-state index is 12.2. The molecule has 62 valence electrons. The third-order valence-electron chi connectivity index (χ3n) is 1.09. The van der Waals surface area contributed by atoms with E-state index in [1.165, 1.54) is 6.08 Å². The van der Waals surface area contributed by atoms with Crippen molar-refractivity contribution in [2.45, 2.75) is 19.8 Å². The second-order valence-corrected chi connectivity index (χ2v) is 2.54. The summed E-state index contributed by atoms with van der Waals surface area (Å²) in [6.07, 6.45) is 7.24. The van der Waals surface area contributed by atoms with Crippen LogP contribution in [0.15, 0.2) is 35.7 Å². The minimum atomic E-state index is -0.590. The highest BCUT2D eigenvalue weighted by atomic mass is 35.5. The predicted octanol–water partition coefficient (Wildman–Crippen LogP) is 3.95. The normalized spacial score (nSPS) is 12.5. The standard InChI is InChI=1S/C9H12ClF/c1-3-4-5-6-7-9(10)8(2)11/h5-7H,2-4H2,1H3/b6-5-,9-7+. The first-order valence-electron chi connectivity index (χ1n) is 3.55. The molecule has 0 aliphatic heterocycles. The van der Waals surface area contributed by atoms with Crippen molar-refractivity contribution in [2.24, 2.45) is 0 Å². The number of allylic oxidation sites excluding steroid dienone is 5. The first-order chi connectivity index (χ1) is 5.18. The zero-order valence-corrected chi connectivity index (χ0v) is 7.37. The van der Waals surface area contributed by atoms with Gasteiger partial charge in [0.2, 0.25) is 0 Å². The molecule has 0 nitrogen and oxygen atoms in total. The molecule has 0 atom stereocenters. The zero-order valence-electron chi connectivity index (χ0n) is 6.61. The Morgan fingerprint density at radius 3 is 2.73 bits per heavy atom. The highest BCUT2D eigenvalue weighted by Gasteiger charge is 1.92. The SMILES string of the molecule is C=C(F)/C(Cl)=C\C=C/CCC. The van der Waals surface area contributed by atoms with E-state index in [1.54, 1.807) is 6.08 Å². The van der Waals surface area contributed by atoms with Crippen LogP contribution in [0.1, 0.15) is 19.8 Å². The van der Waals surface area contributed by atoms with Crippen molar-refractivity contribution in [3.8, 4) is 0 Å². The van der Waals surface area contributed by atoms with Gasteiger partial charge in [-0.1, -0.05) is 43.7 Å². The van der Waals surface area contributed by atoms with Gasteiger partial charge in [-0.25, -0.2) is 4.39 Å². The van der Waals surface area contributed by atoms with Gasteiger partial charge >= 0.3 is 0 Å². The molecule has 0 aromatic heterocycles. The lowest BCUT2D eigenvalue weighted by Gasteiger charge is -1.87. The molecule has 0 heterocycles. The van der Waals surface area contributed by atoms with Crippen molar-refractivity contribution in [2.75, 3.05) is 0 Å². The van der Waals surface area contributed by atoms with Crippen LogP contribution >= 0.6 is 11.6 Å². The Kier molecular flexibility index (Phi) is 5.86. The lowest BCUT2D eigenvalue weighted by molar-refractivity contribution is 0.667. The summed E-state index contributed by atoms with van der Waals surface area (Å²) < 4.78 is 12.2. The second kappa shape index (κ2) is 6.17. The number of rotatable bonds is 4. The van der Waals surface area contributed by atoms with Gasteiger partial charge in [0.05, 0.1) is 5.03 Å². The molecular formula is C9H12ClF. The van der Waals surface area contributed by atoms with E-state index in [0.29, 0.717) is 0 Å². The van der Waals surface area contributed by atoms with Gasteiger partial charge in [0, 0.05) is 0 Å². The summed E-state index contributed by atoms with van der Waals surface area (Å²) in [5.74, 6) is -0.590. The summed E-state index contributed by atoms with van der Waals surface area (Å²) in [7, 11) is 0. The lowest BCUT2D eigenvalue weighted by atomic mass is 10.3. The van der Waals surface area contributed by atoms with Crippen LogP contribution in [0, 0.1) is 0 Å². The second-order valence-electron chi connectivity index (χ2n) is 2.14. The van der Waals surface area contributed by atoms with Crippen LogP contribution in [0.5, 0.6) is 0 Å². The molecular weight excluding hydrogens is 163 g/mol. The van der Waals surface area contributed by atoms with Crippen LogP contribution < -0.4 is 0 Å². The highest BCUT2D eigenvalue weighted by molar-refractivity contribution is 6.31. The zero-order chi connectivity index (χ0) is 8.69. The van der Waals surface area contributed by atoms with E-state index in [2.05, 4.69) is 13.5 Å². The first-order valence-corrected chi connectivity index (χ1v) is 3.93. The number of unbranched alkanes of at least 4 members (excludes halogenated alkanes) is 1. The van der Waals surface area contributed by atoms with E-state index >= 15 is 0 Å². The molecule has 0 spiro atoms. The Bertz CT molecular complexity index is 180. The van der Waals surface area contributed by atoms with Crippen LogP contribution in [-0.2, 0) is 0 Å². The van der Waals surface area contributed by atoms with Crippen molar-refractivity contribution in [1.82, 2.24) is 0 Å². The van der Waals surface area contributed by atoms with Crippen molar-refractivity contribution < 1.29 is 4.39 Å². The summed E-state index contributed by atoms with van der Waals surface area (Å²) in [5, 5.41) is 0.0670. The number of hydrogen-bond donors (Lipinski definition) is 0. The van der Waals surface area contributed by atoms with Crippen LogP contribution in [-0.4, -0.2) is 0 Å². The van der Waals surface area contributed by atoms with E-state index in [0.717, 1.165) is 12.8 Å². The third-order valence-corrected chi connectivity index (χ3v) is 1.42. The molecule has 0 N–H and O–H groups in total. The smallest absolute Gasteiger partial charge is 0.134 e. The Morgan fingerprint density at radius 1 is 1.64 bits per heavy atom. The fraction of sp³-hybridized carbons (Fsp3) is 0.333. The molecule has 0 bridgehead atoms. The van der Waals surface area contributed by atoms with Gasteiger partial charge in [-0.15, -0.1) is 0 Å². The number of halogens is 2. The minimum Gasteiger partial charge on any atom is -0.206 e. The van der Waals surface area contributed by atoms with Crippen LogP contribution in [0.2, 0.25) is 0 Å². The quantitative estimate of drug-likeness (QED) is 0.567. The molecule has 2 heteroatoms. The maximum Gasteiger partial charge on any atom is 0.134 e. The summed E-state index contributed by atoms with van der Waals surface area (Å²) >= 11 is 5.43. The predicted molar refractivity (Wildman–Crippen MR) is 48.2 cm³/mol. The molecule has 0 rings (SSSR count). The van der Waals surface area contributed by atoms with Crippen molar-refractivity contribution in [3.05, 3.63) is 35.7 Å². The molecule has 0 amide bonds. The molecule has 0 fully saturated rings. The van der Waals surface area contributed by atoms with Gasteiger partial charge in [0.15, 0.2) is 0 Å². The molecule has 0 aromatic rings. The molecule has 0 aliphatic rings. The van der Waals surface area contributed by atoms with E-state index in [1.807, 2.05) is 6.08 Å². The Morgan fingerprint density at radius 2 is 2.27 bits per heavy atom. The fourth-order valence-electron chi connectivity index (χ4n) is 0.506. The summed E-state index contributed by atoms with van der Waals surface area (Å²) in [4.78, 5) is 0. The van der Waals surface area contributed by atoms with Gasteiger partial charge < -0.3 is 0 Å². The Hall–Kier alpha value is -0.560.